The maximum Gasteiger partial charge on any atom is 0.315 e. The predicted octanol–water partition coefficient (Wildman–Crippen LogP) is 2.55. The molecule has 20 heavy (non-hydrogen) atoms. The Morgan fingerprint density at radius 1 is 1.40 bits per heavy atom. The molecule has 5 nitrogen and oxygen atoms in total. The Morgan fingerprint density at radius 3 is 2.75 bits per heavy atom. The van der Waals surface area contributed by atoms with E-state index in [9.17, 15) is 4.79 Å². The predicted molar refractivity (Wildman–Crippen MR) is 79.2 cm³/mol. The third-order valence-corrected chi connectivity index (χ3v) is 3.92. The lowest BCUT2D eigenvalue weighted by Gasteiger charge is -2.15. The second-order valence-corrected chi connectivity index (χ2v) is 5.86. The molecule has 0 spiro atoms. The molecule has 2 heterocycles. The van der Waals surface area contributed by atoms with Crippen LogP contribution in [0, 0.1) is 0 Å². The molecule has 0 unspecified atom stereocenters. The summed E-state index contributed by atoms with van der Waals surface area (Å²) in [6.45, 7) is 4.07. The molecule has 2 rings (SSSR count). The van der Waals surface area contributed by atoms with E-state index in [4.69, 9.17) is 5.11 Å². The van der Waals surface area contributed by atoms with Gasteiger partial charge in [-0.1, -0.05) is 0 Å². The number of carbonyl (C=O) groups is 1. The summed E-state index contributed by atoms with van der Waals surface area (Å²) in [5, 5.41) is 14.9. The van der Waals surface area contributed by atoms with Crippen molar-refractivity contribution in [2.24, 2.45) is 0 Å². The number of pyridine rings is 1. The van der Waals surface area contributed by atoms with Crippen molar-refractivity contribution in [2.45, 2.75) is 25.7 Å². The van der Waals surface area contributed by atoms with Gasteiger partial charge in [0.05, 0.1) is 5.69 Å². The van der Waals surface area contributed by atoms with Gasteiger partial charge in [0, 0.05) is 24.3 Å². The average molecular weight is 291 g/mol. The first-order valence-corrected chi connectivity index (χ1v) is 7.20. The van der Waals surface area contributed by atoms with Crippen LogP contribution < -0.4 is 5.32 Å². The van der Waals surface area contributed by atoms with E-state index in [1.807, 2.05) is 12.1 Å². The highest BCUT2D eigenvalue weighted by Gasteiger charge is 2.32. The number of aliphatic carboxylic acids is 1. The van der Waals surface area contributed by atoms with Crippen LogP contribution in [0.5, 0.6) is 0 Å². The highest BCUT2D eigenvalue weighted by Crippen LogP contribution is 2.27. The number of anilines is 1. The molecule has 0 saturated heterocycles. The van der Waals surface area contributed by atoms with Crippen LogP contribution in [0.1, 0.15) is 25.1 Å². The Bertz CT molecular complexity index is 581. The minimum Gasteiger partial charge on any atom is -0.481 e. The summed E-state index contributed by atoms with van der Waals surface area (Å²) < 4.78 is 0. The van der Waals surface area contributed by atoms with E-state index in [0.717, 1.165) is 18.1 Å². The SMILES string of the molecule is CC(C)(C(=O)O)c1csc(NCCc2ccncc2)n1. The summed E-state index contributed by atoms with van der Waals surface area (Å²) in [4.78, 5) is 19.5. The number of aromatic nitrogens is 2. The summed E-state index contributed by atoms with van der Waals surface area (Å²) in [6.07, 6.45) is 4.41. The minimum absolute atomic E-state index is 0.585. The number of hydrogen-bond acceptors (Lipinski definition) is 5. The van der Waals surface area contributed by atoms with E-state index < -0.39 is 11.4 Å². The molecule has 6 heteroatoms. The second-order valence-electron chi connectivity index (χ2n) is 5.00. The van der Waals surface area contributed by atoms with Gasteiger partial charge >= 0.3 is 5.97 Å². The largest absolute Gasteiger partial charge is 0.481 e. The molecule has 2 N–H and O–H groups in total. The summed E-state index contributed by atoms with van der Waals surface area (Å²) in [6, 6.07) is 3.95. The molecule has 0 amide bonds. The minimum atomic E-state index is -0.957. The first kappa shape index (κ1) is 14.5. The molecule has 106 valence electrons. The molecule has 0 bridgehead atoms. The van der Waals surface area contributed by atoms with Gasteiger partial charge in [0.2, 0.25) is 0 Å². The van der Waals surface area contributed by atoms with Crippen molar-refractivity contribution in [1.82, 2.24) is 9.97 Å². The number of thiazole rings is 1. The topological polar surface area (TPSA) is 75.1 Å². The molecule has 0 atom stereocenters. The summed E-state index contributed by atoms with van der Waals surface area (Å²) >= 11 is 1.43. The van der Waals surface area contributed by atoms with E-state index in [1.54, 1.807) is 31.6 Å². The molecule has 0 fully saturated rings. The van der Waals surface area contributed by atoms with Gasteiger partial charge in [0.15, 0.2) is 5.13 Å². The van der Waals surface area contributed by atoms with E-state index >= 15 is 0 Å². The zero-order valence-corrected chi connectivity index (χ0v) is 12.3. The molecule has 0 saturated carbocycles. The van der Waals surface area contributed by atoms with Gasteiger partial charge in [-0.05, 0) is 38.0 Å². The first-order valence-electron chi connectivity index (χ1n) is 6.32. The zero-order valence-electron chi connectivity index (χ0n) is 11.5. The van der Waals surface area contributed by atoms with Gasteiger partial charge in [-0.2, -0.15) is 0 Å². The Labute approximate surface area is 121 Å². The Morgan fingerprint density at radius 2 is 2.10 bits per heavy atom. The van der Waals surface area contributed by atoms with Gasteiger partial charge in [-0.3, -0.25) is 9.78 Å². The van der Waals surface area contributed by atoms with Crippen molar-refractivity contribution in [3.63, 3.8) is 0 Å². The van der Waals surface area contributed by atoms with E-state index in [0.29, 0.717) is 5.69 Å². The Kier molecular flexibility index (Phi) is 4.34. The number of hydrogen-bond donors (Lipinski definition) is 2. The van der Waals surface area contributed by atoms with Crippen LogP contribution in [0.3, 0.4) is 0 Å². The van der Waals surface area contributed by atoms with Crippen LogP contribution >= 0.6 is 11.3 Å². The number of carboxylic acid groups (broad SMARTS) is 1. The standard InChI is InChI=1S/C14H17N3O2S/c1-14(2,12(18)19)11-9-20-13(17-11)16-8-5-10-3-6-15-7-4-10/h3-4,6-7,9H,5,8H2,1-2H3,(H,16,17)(H,18,19). The van der Waals surface area contributed by atoms with Gasteiger partial charge in [0.25, 0.3) is 0 Å². The Balaban J connectivity index is 1.92. The summed E-state index contributed by atoms with van der Waals surface area (Å²) in [7, 11) is 0. The third kappa shape index (κ3) is 3.33. The van der Waals surface area contributed by atoms with Crippen molar-refractivity contribution >= 4 is 22.4 Å². The molecular formula is C14H17N3O2S. The number of nitrogens with one attached hydrogen (secondary N) is 1. The maximum absolute atomic E-state index is 11.2. The van der Waals surface area contributed by atoms with Crippen LogP contribution in [0.4, 0.5) is 5.13 Å². The van der Waals surface area contributed by atoms with Crippen molar-refractivity contribution < 1.29 is 9.90 Å². The molecule has 0 aromatic carbocycles. The molecule has 0 radical (unpaired) electrons. The molecule has 0 aliphatic rings. The van der Waals surface area contributed by atoms with Gasteiger partial charge in [0.1, 0.15) is 5.41 Å². The fraction of sp³-hybridized carbons (Fsp3) is 0.357. The second kappa shape index (κ2) is 6.00. The van der Waals surface area contributed by atoms with Crippen molar-refractivity contribution in [2.75, 3.05) is 11.9 Å². The molecular weight excluding hydrogens is 274 g/mol. The highest BCUT2D eigenvalue weighted by molar-refractivity contribution is 7.13. The molecule has 0 aliphatic carbocycles. The molecule has 2 aromatic heterocycles. The summed E-state index contributed by atoms with van der Waals surface area (Å²) in [5.41, 5.74) is 0.832. The fourth-order valence-corrected chi connectivity index (χ4v) is 2.52. The average Bonchev–Trinajstić information content (AvgIpc) is 2.89. The molecule has 2 aromatic rings. The zero-order chi connectivity index (χ0) is 14.6. The van der Waals surface area contributed by atoms with Crippen LogP contribution in [0.15, 0.2) is 29.9 Å². The monoisotopic (exact) mass is 291 g/mol. The van der Waals surface area contributed by atoms with Crippen LogP contribution in [-0.4, -0.2) is 27.6 Å². The van der Waals surface area contributed by atoms with E-state index in [-0.39, 0.29) is 0 Å². The molecule has 0 aliphatic heterocycles. The summed E-state index contributed by atoms with van der Waals surface area (Å²) in [5.74, 6) is -0.869. The lowest BCUT2D eigenvalue weighted by atomic mass is 9.90. The fourth-order valence-electron chi connectivity index (χ4n) is 1.61. The quantitative estimate of drug-likeness (QED) is 0.855. The third-order valence-electron chi connectivity index (χ3n) is 3.12. The normalized spacial score (nSPS) is 11.3. The van der Waals surface area contributed by atoms with Crippen LogP contribution in [0.2, 0.25) is 0 Å². The number of carboxylic acids is 1. The van der Waals surface area contributed by atoms with Crippen molar-refractivity contribution in [3.05, 3.63) is 41.2 Å². The van der Waals surface area contributed by atoms with Gasteiger partial charge < -0.3 is 10.4 Å². The highest BCUT2D eigenvalue weighted by atomic mass is 32.1. The smallest absolute Gasteiger partial charge is 0.315 e. The van der Waals surface area contributed by atoms with E-state index in [1.165, 1.54) is 16.9 Å². The van der Waals surface area contributed by atoms with Gasteiger partial charge in [-0.15, -0.1) is 11.3 Å². The van der Waals surface area contributed by atoms with Gasteiger partial charge in [-0.25, -0.2) is 4.98 Å². The van der Waals surface area contributed by atoms with E-state index in [2.05, 4.69) is 15.3 Å². The lowest BCUT2D eigenvalue weighted by Crippen LogP contribution is -2.28. The van der Waals surface area contributed by atoms with Crippen molar-refractivity contribution in [1.29, 1.82) is 0 Å². The van der Waals surface area contributed by atoms with Crippen molar-refractivity contribution in [3.8, 4) is 0 Å². The Hall–Kier alpha value is -1.95. The van der Waals surface area contributed by atoms with Crippen LogP contribution in [-0.2, 0) is 16.6 Å². The number of rotatable bonds is 6. The van der Waals surface area contributed by atoms with Crippen LogP contribution in [0.25, 0.3) is 0 Å². The first-order chi connectivity index (χ1) is 9.50. The lowest BCUT2D eigenvalue weighted by molar-refractivity contribution is -0.142. The maximum atomic E-state index is 11.2. The number of nitrogens with zero attached hydrogens (tertiary/aromatic N) is 2.